The van der Waals surface area contributed by atoms with Gasteiger partial charge >= 0.3 is 0 Å². The summed E-state index contributed by atoms with van der Waals surface area (Å²) in [5, 5.41) is 0. The molecule has 1 saturated carbocycles. The van der Waals surface area contributed by atoms with Crippen molar-refractivity contribution in [2.24, 2.45) is 5.92 Å². The van der Waals surface area contributed by atoms with Gasteiger partial charge in [-0.1, -0.05) is 0 Å². The fourth-order valence-electron chi connectivity index (χ4n) is 0.976. The van der Waals surface area contributed by atoms with Gasteiger partial charge in [0.2, 0.25) is 0 Å². The van der Waals surface area contributed by atoms with Crippen LogP contribution in [0.3, 0.4) is 0 Å². The molecule has 0 saturated heterocycles. The van der Waals surface area contributed by atoms with E-state index in [0.717, 1.165) is 18.2 Å². The van der Waals surface area contributed by atoms with Crippen LogP contribution in [0.1, 0.15) is 18.7 Å². The summed E-state index contributed by atoms with van der Waals surface area (Å²) < 4.78 is 0. The average molecular weight is 133 g/mol. The molecule has 0 spiro atoms. The zero-order valence-electron chi connectivity index (χ0n) is 5.75. The van der Waals surface area contributed by atoms with Crippen LogP contribution in [0.5, 0.6) is 0 Å². The number of rotatable bonds is 2. The van der Waals surface area contributed by atoms with Gasteiger partial charge in [0.1, 0.15) is 5.82 Å². The van der Waals surface area contributed by atoms with Crippen LogP contribution < -0.4 is 0 Å². The molecule has 2 rings (SSSR count). The molecule has 0 unspecified atom stereocenters. The van der Waals surface area contributed by atoms with Crippen LogP contribution in [0, 0.1) is 12.0 Å². The Morgan fingerprint density at radius 2 is 2.10 bits per heavy atom. The van der Waals surface area contributed by atoms with Crippen molar-refractivity contribution in [2.45, 2.75) is 19.3 Å². The fourth-order valence-corrected chi connectivity index (χ4v) is 0.976. The Kier molecular flexibility index (Phi) is 1.38. The maximum atomic E-state index is 4.09. The molecule has 1 aromatic heterocycles. The van der Waals surface area contributed by atoms with Crippen LogP contribution in [0.4, 0.5) is 0 Å². The second-order valence-corrected chi connectivity index (χ2v) is 2.75. The maximum absolute atomic E-state index is 4.09. The minimum absolute atomic E-state index is 0.877. The van der Waals surface area contributed by atoms with Gasteiger partial charge in [-0.05, 0) is 18.8 Å². The highest BCUT2D eigenvalue weighted by Crippen LogP contribution is 2.31. The Bertz CT molecular complexity index is 204. The van der Waals surface area contributed by atoms with Gasteiger partial charge in [-0.25, -0.2) is 9.97 Å². The van der Waals surface area contributed by atoms with E-state index in [4.69, 9.17) is 0 Å². The lowest BCUT2D eigenvalue weighted by Gasteiger charge is -1.92. The summed E-state index contributed by atoms with van der Waals surface area (Å²) in [6.07, 6.45) is 7.16. The van der Waals surface area contributed by atoms with Gasteiger partial charge in [0, 0.05) is 24.9 Å². The smallest absolute Gasteiger partial charge is 0.128 e. The molecule has 1 radical (unpaired) electrons. The zero-order chi connectivity index (χ0) is 6.81. The van der Waals surface area contributed by atoms with Crippen molar-refractivity contribution >= 4 is 0 Å². The van der Waals surface area contributed by atoms with Crippen molar-refractivity contribution in [3.05, 3.63) is 24.3 Å². The van der Waals surface area contributed by atoms with Gasteiger partial charge in [-0.3, -0.25) is 0 Å². The molecule has 0 aromatic carbocycles. The first kappa shape index (κ1) is 5.83. The molecule has 1 aromatic rings. The minimum atomic E-state index is 0.877. The van der Waals surface area contributed by atoms with Gasteiger partial charge < -0.3 is 0 Å². The SMILES string of the molecule is [c]1cnc(CC2CC2)nc1. The Labute approximate surface area is 60.3 Å². The lowest BCUT2D eigenvalue weighted by molar-refractivity contribution is 0.769. The number of nitrogens with zero attached hydrogens (tertiary/aromatic N) is 2. The first-order valence-corrected chi connectivity index (χ1v) is 3.62. The fraction of sp³-hybridized carbons (Fsp3) is 0.500. The average Bonchev–Trinajstić information content (AvgIpc) is 2.74. The van der Waals surface area contributed by atoms with E-state index in [9.17, 15) is 0 Å². The molecule has 51 valence electrons. The first-order valence-electron chi connectivity index (χ1n) is 3.62. The summed E-state index contributed by atoms with van der Waals surface area (Å²) >= 11 is 0. The van der Waals surface area contributed by atoms with Crippen LogP contribution in [0.2, 0.25) is 0 Å². The van der Waals surface area contributed by atoms with E-state index < -0.39 is 0 Å². The normalized spacial score (nSPS) is 17.2. The lowest BCUT2D eigenvalue weighted by atomic mass is 10.3. The zero-order valence-corrected chi connectivity index (χ0v) is 5.75. The van der Waals surface area contributed by atoms with Gasteiger partial charge in [0.15, 0.2) is 0 Å². The summed E-state index contributed by atoms with van der Waals surface area (Å²) in [6.45, 7) is 0. The molecular formula is C8H9N2. The topological polar surface area (TPSA) is 25.8 Å². The van der Waals surface area contributed by atoms with E-state index in [0.29, 0.717) is 0 Å². The summed E-state index contributed by atoms with van der Waals surface area (Å²) in [7, 11) is 0. The summed E-state index contributed by atoms with van der Waals surface area (Å²) in [5.41, 5.74) is 0. The van der Waals surface area contributed by atoms with Gasteiger partial charge in [0.05, 0.1) is 0 Å². The summed E-state index contributed by atoms with van der Waals surface area (Å²) in [4.78, 5) is 8.18. The molecule has 0 N–H and O–H groups in total. The Hall–Kier alpha value is -0.920. The van der Waals surface area contributed by atoms with Crippen molar-refractivity contribution < 1.29 is 0 Å². The Morgan fingerprint density at radius 3 is 2.70 bits per heavy atom. The molecule has 1 aliphatic rings. The van der Waals surface area contributed by atoms with Crippen LogP contribution in [-0.2, 0) is 6.42 Å². The van der Waals surface area contributed by atoms with E-state index in [1.54, 1.807) is 12.4 Å². The predicted molar refractivity (Wildman–Crippen MR) is 37.3 cm³/mol. The number of hydrogen-bond acceptors (Lipinski definition) is 2. The Morgan fingerprint density at radius 1 is 1.40 bits per heavy atom. The third-order valence-electron chi connectivity index (χ3n) is 1.74. The number of aromatic nitrogens is 2. The van der Waals surface area contributed by atoms with Crippen molar-refractivity contribution in [3.63, 3.8) is 0 Å². The molecule has 0 amide bonds. The highest BCUT2D eigenvalue weighted by Gasteiger charge is 2.22. The third-order valence-corrected chi connectivity index (χ3v) is 1.74. The van der Waals surface area contributed by atoms with E-state index in [-0.39, 0.29) is 0 Å². The molecular weight excluding hydrogens is 124 g/mol. The third kappa shape index (κ3) is 1.32. The van der Waals surface area contributed by atoms with E-state index >= 15 is 0 Å². The van der Waals surface area contributed by atoms with Gasteiger partial charge in [-0.15, -0.1) is 0 Å². The number of hydrogen-bond donors (Lipinski definition) is 0. The van der Waals surface area contributed by atoms with Crippen LogP contribution in [0.25, 0.3) is 0 Å². The molecule has 0 bridgehead atoms. The van der Waals surface area contributed by atoms with Crippen molar-refractivity contribution in [1.82, 2.24) is 9.97 Å². The first-order chi connectivity index (χ1) is 4.95. The highest BCUT2D eigenvalue weighted by molar-refractivity contribution is 4.92. The molecule has 0 aliphatic heterocycles. The molecule has 1 fully saturated rings. The highest BCUT2D eigenvalue weighted by atomic mass is 14.8. The van der Waals surface area contributed by atoms with Crippen molar-refractivity contribution in [2.75, 3.05) is 0 Å². The van der Waals surface area contributed by atoms with Crippen LogP contribution in [-0.4, -0.2) is 9.97 Å². The minimum Gasteiger partial charge on any atom is -0.241 e. The largest absolute Gasteiger partial charge is 0.241 e. The van der Waals surface area contributed by atoms with E-state index in [1.165, 1.54) is 12.8 Å². The van der Waals surface area contributed by atoms with Crippen molar-refractivity contribution in [3.8, 4) is 0 Å². The second kappa shape index (κ2) is 2.37. The van der Waals surface area contributed by atoms with Crippen molar-refractivity contribution in [1.29, 1.82) is 0 Å². The second-order valence-electron chi connectivity index (χ2n) is 2.75. The molecule has 2 heteroatoms. The Balaban J connectivity index is 2.03. The predicted octanol–water partition coefficient (Wildman–Crippen LogP) is 1.23. The van der Waals surface area contributed by atoms with Gasteiger partial charge in [0.25, 0.3) is 0 Å². The van der Waals surface area contributed by atoms with Crippen LogP contribution >= 0.6 is 0 Å². The lowest BCUT2D eigenvalue weighted by Crippen LogP contribution is -1.93. The molecule has 10 heavy (non-hydrogen) atoms. The maximum Gasteiger partial charge on any atom is 0.128 e. The summed E-state index contributed by atoms with van der Waals surface area (Å²) in [5.74, 6) is 1.85. The van der Waals surface area contributed by atoms with E-state index in [1.807, 2.05) is 0 Å². The monoisotopic (exact) mass is 133 g/mol. The molecule has 1 heterocycles. The quantitative estimate of drug-likeness (QED) is 0.606. The van der Waals surface area contributed by atoms with Crippen LogP contribution in [0.15, 0.2) is 12.4 Å². The standard InChI is InChI=1S/C8H9N2/c1-4-9-8(10-5-1)6-7-2-3-7/h4-5,7H,2-3,6H2. The molecule has 1 aliphatic carbocycles. The molecule has 2 nitrogen and oxygen atoms in total. The van der Waals surface area contributed by atoms with E-state index in [2.05, 4.69) is 16.0 Å². The van der Waals surface area contributed by atoms with Gasteiger partial charge in [-0.2, -0.15) is 0 Å². The molecule has 0 atom stereocenters. The summed E-state index contributed by atoms with van der Waals surface area (Å²) in [6, 6.07) is 2.80.